The summed E-state index contributed by atoms with van der Waals surface area (Å²) < 4.78 is 5.42. The van der Waals surface area contributed by atoms with Crippen molar-refractivity contribution in [2.45, 2.75) is 6.92 Å². The highest BCUT2D eigenvalue weighted by molar-refractivity contribution is 9.10. The fraction of sp³-hybridized carbons (Fsp3) is 0.143. The molecule has 4 nitrogen and oxygen atoms in total. The van der Waals surface area contributed by atoms with Crippen molar-refractivity contribution in [3.05, 3.63) is 50.1 Å². The zero-order chi connectivity index (χ0) is 14.7. The molecule has 0 saturated heterocycles. The molecule has 2 aromatic rings. The van der Waals surface area contributed by atoms with Gasteiger partial charge in [0.2, 0.25) is 0 Å². The van der Waals surface area contributed by atoms with E-state index in [0.29, 0.717) is 16.1 Å². The number of carbonyl (C=O) groups is 2. The summed E-state index contributed by atoms with van der Waals surface area (Å²) in [5.41, 5.74) is 1.93. The first-order valence-corrected chi connectivity index (χ1v) is 7.43. The molecule has 0 bridgehead atoms. The molecule has 0 radical (unpaired) electrons. The van der Waals surface area contributed by atoms with Crippen LogP contribution in [0.3, 0.4) is 0 Å². The van der Waals surface area contributed by atoms with Gasteiger partial charge in [-0.05, 0) is 58.1 Å². The van der Waals surface area contributed by atoms with Gasteiger partial charge in [0.1, 0.15) is 4.88 Å². The predicted molar refractivity (Wildman–Crippen MR) is 82.5 cm³/mol. The van der Waals surface area contributed by atoms with Gasteiger partial charge in [-0.2, -0.15) is 0 Å². The number of rotatable bonds is 3. The van der Waals surface area contributed by atoms with E-state index in [1.54, 1.807) is 18.2 Å². The predicted octanol–water partition coefficient (Wildman–Crippen LogP) is 3.86. The highest BCUT2D eigenvalue weighted by Crippen LogP contribution is 2.25. The van der Waals surface area contributed by atoms with Gasteiger partial charge in [0.25, 0.3) is 5.91 Å². The van der Waals surface area contributed by atoms with Crippen molar-refractivity contribution in [1.82, 2.24) is 0 Å². The number of benzene rings is 1. The molecule has 0 fully saturated rings. The van der Waals surface area contributed by atoms with Crippen LogP contribution in [0.2, 0.25) is 0 Å². The van der Waals surface area contributed by atoms with Crippen LogP contribution in [-0.4, -0.2) is 19.0 Å². The van der Waals surface area contributed by atoms with Gasteiger partial charge in [0.05, 0.1) is 12.7 Å². The second-order valence-electron chi connectivity index (χ2n) is 4.07. The summed E-state index contributed by atoms with van der Waals surface area (Å²) >= 11 is 4.69. The maximum absolute atomic E-state index is 12.1. The second kappa shape index (κ2) is 6.19. The van der Waals surface area contributed by atoms with Crippen LogP contribution in [0, 0.1) is 6.92 Å². The topological polar surface area (TPSA) is 55.4 Å². The molecule has 104 valence electrons. The minimum atomic E-state index is -0.396. The Hall–Kier alpha value is -1.66. The van der Waals surface area contributed by atoms with Crippen LogP contribution in [0.5, 0.6) is 0 Å². The van der Waals surface area contributed by atoms with Crippen molar-refractivity contribution in [1.29, 1.82) is 0 Å². The third-order valence-electron chi connectivity index (χ3n) is 2.72. The highest BCUT2D eigenvalue weighted by Gasteiger charge is 2.14. The summed E-state index contributed by atoms with van der Waals surface area (Å²) in [6.45, 7) is 1.82. The highest BCUT2D eigenvalue weighted by atomic mass is 79.9. The SMILES string of the molecule is COC(=O)c1ccc(NC(=O)c2sccc2Br)c(C)c1. The number of carbonyl (C=O) groups excluding carboxylic acids is 2. The van der Waals surface area contributed by atoms with Crippen molar-refractivity contribution in [2.75, 3.05) is 12.4 Å². The van der Waals surface area contributed by atoms with Gasteiger partial charge in [-0.1, -0.05) is 0 Å². The lowest BCUT2D eigenvalue weighted by Gasteiger charge is -2.09. The van der Waals surface area contributed by atoms with Crippen LogP contribution in [0.4, 0.5) is 5.69 Å². The summed E-state index contributed by atoms with van der Waals surface area (Å²) in [4.78, 5) is 24.1. The zero-order valence-electron chi connectivity index (χ0n) is 10.9. The van der Waals surface area contributed by atoms with Crippen molar-refractivity contribution < 1.29 is 14.3 Å². The monoisotopic (exact) mass is 353 g/mol. The van der Waals surface area contributed by atoms with E-state index in [0.717, 1.165) is 10.0 Å². The van der Waals surface area contributed by atoms with Crippen molar-refractivity contribution >= 4 is 44.8 Å². The van der Waals surface area contributed by atoms with Crippen molar-refractivity contribution in [3.8, 4) is 0 Å². The molecule has 2 rings (SSSR count). The Morgan fingerprint density at radius 3 is 2.60 bits per heavy atom. The normalized spacial score (nSPS) is 10.2. The molecule has 1 N–H and O–H groups in total. The molecule has 1 heterocycles. The van der Waals surface area contributed by atoms with Gasteiger partial charge in [-0.25, -0.2) is 4.79 Å². The number of anilines is 1. The summed E-state index contributed by atoms with van der Waals surface area (Å²) in [7, 11) is 1.33. The number of methoxy groups -OCH3 is 1. The first-order valence-electron chi connectivity index (χ1n) is 5.76. The van der Waals surface area contributed by atoms with E-state index in [1.165, 1.54) is 18.4 Å². The Morgan fingerprint density at radius 2 is 2.05 bits per heavy atom. The molecule has 0 spiro atoms. The number of hydrogen-bond acceptors (Lipinski definition) is 4. The molecule has 0 aliphatic rings. The molecular formula is C14H12BrNO3S. The lowest BCUT2D eigenvalue weighted by molar-refractivity contribution is 0.0600. The van der Waals surface area contributed by atoms with E-state index >= 15 is 0 Å². The molecule has 20 heavy (non-hydrogen) atoms. The number of ether oxygens (including phenoxy) is 1. The van der Waals surface area contributed by atoms with E-state index in [4.69, 9.17) is 0 Å². The van der Waals surface area contributed by atoms with Crippen LogP contribution in [-0.2, 0) is 4.74 Å². The number of amides is 1. The molecular weight excluding hydrogens is 342 g/mol. The minimum Gasteiger partial charge on any atom is -0.465 e. The first kappa shape index (κ1) is 14.7. The second-order valence-corrected chi connectivity index (χ2v) is 5.84. The van der Waals surface area contributed by atoms with Gasteiger partial charge < -0.3 is 10.1 Å². The van der Waals surface area contributed by atoms with Crippen LogP contribution < -0.4 is 5.32 Å². The van der Waals surface area contributed by atoms with E-state index in [2.05, 4.69) is 26.0 Å². The van der Waals surface area contributed by atoms with E-state index in [-0.39, 0.29) is 5.91 Å². The Labute approximate surface area is 128 Å². The van der Waals surface area contributed by atoms with E-state index < -0.39 is 5.97 Å². The molecule has 6 heteroatoms. The molecule has 0 saturated carbocycles. The number of thiophene rings is 1. The third kappa shape index (κ3) is 3.08. The van der Waals surface area contributed by atoms with Crippen LogP contribution in [0.15, 0.2) is 34.1 Å². The average molecular weight is 354 g/mol. The Morgan fingerprint density at radius 1 is 1.30 bits per heavy atom. The molecule has 1 aromatic carbocycles. The quantitative estimate of drug-likeness (QED) is 0.852. The number of halogens is 1. The van der Waals surface area contributed by atoms with Gasteiger partial charge in [-0.3, -0.25) is 4.79 Å². The standard InChI is InChI=1S/C14H12BrNO3S/c1-8-7-9(14(18)19-2)3-4-11(8)16-13(17)12-10(15)5-6-20-12/h3-7H,1-2H3,(H,16,17). The minimum absolute atomic E-state index is 0.180. The molecule has 1 aromatic heterocycles. The number of aryl methyl sites for hydroxylation is 1. The summed E-state index contributed by atoms with van der Waals surface area (Å²) in [5.74, 6) is -0.576. The van der Waals surface area contributed by atoms with E-state index in [1.807, 2.05) is 18.4 Å². The van der Waals surface area contributed by atoms with Crippen molar-refractivity contribution in [2.24, 2.45) is 0 Å². The molecule has 0 atom stereocenters. The van der Waals surface area contributed by atoms with Crippen LogP contribution in [0.1, 0.15) is 25.6 Å². The van der Waals surface area contributed by atoms with E-state index in [9.17, 15) is 9.59 Å². The number of esters is 1. The van der Waals surface area contributed by atoms with Crippen LogP contribution >= 0.6 is 27.3 Å². The smallest absolute Gasteiger partial charge is 0.337 e. The number of hydrogen-bond donors (Lipinski definition) is 1. The lowest BCUT2D eigenvalue weighted by atomic mass is 10.1. The van der Waals surface area contributed by atoms with Gasteiger partial charge >= 0.3 is 5.97 Å². The van der Waals surface area contributed by atoms with Gasteiger partial charge in [0, 0.05) is 10.2 Å². The average Bonchev–Trinajstić information content (AvgIpc) is 2.86. The lowest BCUT2D eigenvalue weighted by Crippen LogP contribution is -2.12. The maximum atomic E-state index is 12.1. The number of nitrogens with one attached hydrogen (secondary N) is 1. The van der Waals surface area contributed by atoms with Gasteiger partial charge in [-0.15, -0.1) is 11.3 Å². The zero-order valence-corrected chi connectivity index (χ0v) is 13.3. The van der Waals surface area contributed by atoms with Gasteiger partial charge in [0.15, 0.2) is 0 Å². The Bertz CT molecular complexity index is 666. The largest absolute Gasteiger partial charge is 0.465 e. The van der Waals surface area contributed by atoms with Crippen LogP contribution in [0.25, 0.3) is 0 Å². The summed E-state index contributed by atoms with van der Waals surface area (Å²) in [5, 5.41) is 4.67. The Balaban J connectivity index is 2.20. The summed E-state index contributed by atoms with van der Waals surface area (Å²) in [6, 6.07) is 6.83. The fourth-order valence-corrected chi connectivity index (χ4v) is 3.13. The third-order valence-corrected chi connectivity index (χ3v) is 4.56. The molecule has 0 unspecified atom stereocenters. The fourth-order valence-electron chi connectivity index (χ4n) is 1.68. The molecule has 1 amide bonds. The maximum Gasteiger partial charge on any atom is 0.337 e. The summed E-state index contributed by atoms with van der Waals surface area (Å²) in [6.07, 6.45) is 0. The molecule has 0 aliphatic carbocycles. The van der Waals surface area contributed by atoms with Crippen molar-refractivity contribution in [3.63, 3.8) is 0 Å². The molecule has 0 aliphatic heterocycles. The first-order chi connectivity index (χ1) is 9.52. The Kier molecular flexibility index (Phi) is 4.57.